The van der Waals surface area contributed by atoms with E-state index in [0.29, 0.717) is 13.0 Å². The van der Waals surface area contributed by atoms with Crippen LogP contribution in [0.4, 0.5) is 0 Å². The Hall–Kier alpha value is -1.51. The molecule has 0 aromatic heterocycles. The van der Waals surface area contributed by atoms with Crippen LogP contribution in [0.25, 0.3) is 0 Å². The molecule has 0 aliphatic heterocycles. The highest BCUT2D eigenvalue weighted by Gasteiger charge is 2.26. The highest BCUT2D eigenvalue weighted by molar-refractivity contribution is 5.73. The summed E-state index contributed by atoms with van der Waals surface area (Å²) in [7, 11) is 0. The van der Waals surface area contributed by atoms with Gasteiger partial charge >= 0.3 is 5.97 Å². The monoisotopic (exact) mass is 250 g/mol. The van der Waals surface area contributed by atoms with Gasteiger partial charge in [0.1, 0.15) is 5.75 Å². The summed E-state index contributed by atoms with van der Waals surface area (Å²) in [5.74, 6) is 0.157. The highest BCUT2D eigenvalue weighted by Crippen LogP contribution is 2.23. The fourth-order valence-electron chi connectivity index (χ4n) is 1.74. The number of hydrogen-bond acceptors (Lipinski definition) is 2. The van der Waals surface area contributed by atoms with Crippen LogP contribution in [0.5, 0.6) is 5.75 Å². The van der Waals surface area contributed by atoms with E-state index in [-0.39, 0.29) is 0 Å². The molecule has 0 radical (unpaired) electrons. The largest absolute Gasteiger partial charge is 0.493 e. The Balaban J connectivity index is 2.41. The first-order chi connectivity index (χ1) is 8.47. The van der Waals surface area contributed by atoms with Gasteiger partial charge in [0.05, 0.1) is 12.0 Å². The molecule has 3 heteroatoms. The Bertz CT molecular complexity index is 396. The van der Waals surface area contributed by atoms with Gasteiger partial charge < -0.3 is 9.84 Å². The molecule has 1 rings (SSSR count). The summed E-state index contributed by atoms with van der Waals surface area (Å²) < 4.78 is 5.71. The molecule has 100 valence electrons. The van der Waals surface area contributed by atoms with Crippen molar-refractivity contribution in [2.45, 2.75) is 40.0 Å². The number of benzene rings is 1. The van der Waals surface area contributed by atoms with Gasteiger partial charge in [0.15, 0.2) is 0 Å². The molecular formula is C15H22O3. The van der Waals surface area contributed by atoms with Gasteiger partial charge in [-0.2, -0.15) is 0 Å². The molecule has 0 spiro atoms. The fourth-order valence-corrected chi connectivity index (χ4v) is 1.74. The molecule has 0 amide bonds. The first-order valence-electron chi connectivity index (χ1n) is 6.41. The number of para-hydroxylation sites is 1. The topological polar surface area (TPSA) is 46.5 Å². The molecule has 0 saturated heterocycles. The standard InChI is InChI=1S/C15H22O3/c1-4-12-8-5-6-9-13(12)18-11-7-10-15(2,3)14(16)17/h5-6,8-9H,4,7,10-11H2,1-3H3,(H,16,17). The van der Waals surface area contributed by atoms with E-state index in [1.165, 1.54) is 5.56 Å². The molecule has 0 fully saturated rings. The predicted molar refractivity (Wildman–Crippen MR) is 72.0 cm³/mol. The molecule has 1 N–H and O–H groups in total. The van der Waals surface area contributed by atoms with E-state index < -0.39 is 11.4 Å². The van der Waals surface area contributed by atoms with Crippen LogP contribution in [0, 0.1) is 5.41 Å². The third kappa shape index (κ3) is 4.06. The van der Waals surface area contributed by atoms with E-state index in [4.69, 9.17) is 9.84 Å². The van der Waals surface area contributed by atoms with Gasteiger partial charge in [0, 0.05) is 0 Å². The zero-order chi connectivity index (χ0) is 13.6. The van der Waals surface area contributed by atoms with E-state index in [1.54, 1.807) is 13.8 Å². The Morgan fingerprint density at radius 3 is 2.61 bits per heavy atom. The number of aryl methyl sites for hydroxylation is 1. The molecule has 3 nitrogen and oxygen atoms in total. The lowest BCUT2D eigenvalue weighted by Crippen LogP contribution is -2.24. The summed E-state index contributed by atoms with van der Waals surface area (Å²) in [5.41, 5.74) is 0.517. The lowest BCUT2D eigenvalue weighted by atomic mass is 9.88. The SMILES string of the molecule is CCc1ccccc1OCCCC(C)(C)C(=O)O. The van der Waals surface area contributed by atoms with Crippen molar-refractivity contribution in [3.8, 4) is 5.75 Å². The first kappa shape index (κ1) is 14.6. The quantitative estimate of drug-likeness (QED) is 0.753. The predicted octanol–water partition coefficient (Wildman–Crippen LogP) is 3.52. The first-order valence-corrected chi connectivity index (χ1v) is 6.41. The molecule has 0 heterocycles. The smallest absolute Gasteiger partial charge is 0.309 e. The lowest BCUT2D eigenvalue weighted by molar-refractivity contribution is -0.147. The maximum Gasteiger partial charge on any atom is 0.309 e. The molecule has 1 aromatic rings. The lowest BCUT2D eigenvalue weighted by Gasteiger charge is -2.19. The number of carboxylic acid groups (broad SMARTS) is 1. The van der Waals surface area contributed by atoms with Crippen LogP contribution in [-0.4, -0.2) is 17.7 Å². The van der Waals surface area contributed by atoms with E-state index in [2.05, 4.69) is 13.0 Å². The minimum absolute atomic E-state index is 0.563. The van der Waals surface area contributed by atoms with Crippen molar-refractivity contribution < 1.29 is 14.6 Å². The number of rotatable bonds is 7. The number of hydrogen-bond donors (Lipinski definition) is 1. The fraction of sp³-hybridized carbons (Fsp3) is 0.533. The van der Waals surface area contributed by atoms with Gasteiger partial charge in [-0.25, -0.2) is 0 Å². The minimum atomic E-state index is -0.753. The van der Waals surface area contributed by atoms with Crippen molar-refractivity contribution in [2.24, 2.45) is 5.41 Å². The second-order valence-electron chi connectivity index (χ2n) is 5.10. The molecule has 1 aromatic carbocycles. The van der Waals surface area contributed by atoms with E-state index in [0.717, 1.165) is 18.6 Å². The third-order valence-electron chi connectivity index (χ3n) is 3.14. The van der Waals surface area contributed by atoms with E-state index >= 15 is 0 Å². The van der Waals surface area contributed by atoms with Crippen molar-refractivity contribution in [1.29, 1.82) is 0 Å². The summed E-state index contributed by atoms with van der Waals surface area (Å²) >= 11 is 0. The van der Waals surface area contributed by atoms with Crippen LogP contribution in [-0.2, 0) is 11.2 Å². The molecule has 0 aliphatic carbocycles. The average molecular weight is 250 g/mol. The van der Waals surface area contributed by atoms with Gasteiger partial charge in [-0.05, 0) is 44.7 Å². The zero-order valence-corrected chi connectivity index (χ0v) is 11.4. The molecule has 18 heavy (non-hydrogen) atoms. The third-order valence-corrected chi connectivity index (χ3v) is 3.14. The van der Waals surface area contributed by atoms with Gasteiger partial charge in [0.2, 0.25) is 0 Å². The summed E-state index contributed by atoms with van der Waals surface area (Å²) in [4.78, 5) is 10.9. The van der Waals surface area contributed by atoms with Crippen LogP contribution in [0.1, 0.15) is 39.2 Å². The molecular weight excluding hydrogens is 228 g/mol. The second-order valence-corrected chi connectivity index (χ2v) is 5.10. The molecule has 0 saturated carbocycles. The molecule has 0 bridgehead atoms. The van der Waals surface area contributed by atoms with Gasteiger partial charge in [-0.3, -0.25) is 4.79 Å². The highest BCUT2D eigenvalue weighted by atomic mass is 16.5. The van der Waals surface area contributed by atoms with Crippen LogP contribution in [0.15, 0.2) is 24.3 Å². The number of aliphatic carboxylic acids is 1. The van der Waals surface area contributed by atoms with Crippen molar-refractivity contribution in [3.63, 3.8) is 0 Å². The van der Waals surface area contributed by atoms with Gasteiger partial charge in [0.25, 0.3) is 0 Å². The summed E-state index contributed by atoms with van der Waals surface area (Å²) in [6.45, 7) is 6.15. The Labute approximate surface area is 109 Å². The van der Waals surface area contributed by atoms with Crippen LogP contribution in [0.2, 0.25) is 0 Å². The maximum atomic E-state index is 10.9. The van der Waals surface area contributed by atoms with Crippen molar-refractivity contribution in [3.05, 3.63) is 29.8 Å². The summed E-state index contributed by atoms with van der Waals surface area (Å²) in [6, 6.07) is 7.96. The normalized spacial score (nSPS) is 11.3. The number of ether oxygens (including phenoxy) is 1. The second kappa shape index (κ2) is 6.43. The van der Waals surface area contributed by atoms with Crippen LogP contribution in [0.3, 0.4) is 0 Å². The molecule has 0 atom stereocenters. The van der Waals surface area contributed by atoms with Crippen molar-refractivity contribution in [1.82, 2.24) is 0 Å². The molecule has 0 unspecified atom stereocenters. The minimum Gasteiger partial charge on any atom is -0.493 e. The van der Waals surface area contributed by atoms with Crippen LogP contribution >= 0.6 is 0 Å². The Morgan fingerprint density at radius 1 is 1.33 bits per heavy atom. The number of carboxylic acids is 1. The Kier molecular flexibility index (Phi) is 5.20. The number of carbonyl (C=O) groups is 1. The zero-order valence-electron chi connectivity index (χ0n) is 11.4. The van der Waals surface area contributed by atoms with Crippen LogP contribution < -0.4 is 4.74 Å². The van der Waals surface area contributed by atoms with Crippen molar-refractivity contribution >= 4 is 5.97 Å². The average Bonchev–Trinajstić information content (AvgIpc) is 2.35. The van der Waals surface area contributed by atoms with Gasteiger partial charge in [-0.15, -0.1) is 0 Å². The summed E-state index contributed by atoms with van der Waals surface area (Å²) in [5, 5.41) is 9.00. The van der Waals surface area contributed by atoms with Crippen molar-refractivity contribution in [2.75, 3.05) is 6.61 Å². The maximum absolute atomic E-state index is 10.9. The van der Waals surface area contributed by atoms with E-state index in [9.17, 15) is 4.79 Å². The molecule has 0 aliphatic rings. The summed E-state index contributed by atoms with van der Waals surface area (Å²) in [6.07, 6.45) is 2.31. The Morgan fingerprint density at radius 2 is 2.00 bits per heavy atom. The van der Waals surface area contributed by atoms with E-state index in [1.807, 2.05) is 18.2 Å². The van der Waals surface area contributed by atoms with Gasteiger partial charge in [-0.1, -0.05) is 25.1 Å².